The van der Waals surface area contributed by atoms with E-state index in [2.05, 4.69) is 0 Å². The van der Waals surface area contributed by atoms with Crippen LogP contribution in [0.2, 0.25) is 0 Å². The lowest BCUT2D eigenvalue weighted by Gasteiger charge is -2.02. The van der Waals surface area contributed by atoms with Gasteiger partial charge in [-0.1, -0.05) is 83.2 Å². The van der Waals surface area contributed by atoms with Crippen LogP contribution in [0.15, 0.2) is 48.5 Å². The maximum atomic E-state index is 12.0. The highest BCUT2D eigenvalue weighted by Gasteiger charge is 2.10. The lowest BCUT2D eigenvalue weighted by molar-refractivity contribution is 0.108. The molecule has 0 radical (unpaired) electrons. The fraction of sp³-hybridized carbons (Fsp3) is 0.176. The van der Waals surface area contributed by atoms with Crippen molar-refractivity contribution in [2.45, 2.75) is 13.8 Å². The lowest BCUT2D eigenvalue weighted by atomic mass is 10.2. The summed E-state index contributed by atoms with van der Waals surface area (Å²) in [6, 6.07) is 14.9. The van der Waals surface area contributed by atoms with Crippen LogP contribution in [0, 0.1) is 13.8 Å². The first-order valence-electron chi connectivity index (χ1n) is 6.54. The molecule has 0 aliphatic heterocycles. The second-order valence-electron chi connectivity index (χ2n) is 4.71. The Labute approximate surface area is 133 Å². The van der Waals surface area contributed by atoms with Gasteiger partial charge >= 0.3 is 0 Å². The minimum absolute atomic E-state index is 0.000735. The molecule has 0 heterocycles. The van der Waals surface area contributed by atoms with Crippen molar-refractivity contribution < 1.29 is 9.59 Å². The predicted octanol–water partition coefficient (Wildman–Crippen LogP) is 4.71. The molecule has 21 heavy (non-hydrogen) atoms. The predicted molar refractivity (Wildman–Crippen MR) is 91.1 cm³/mol. The third-order valence-corrected chi connectivity index (χ3v) is 4.89. The molecule has 0 amide bonds. The SMILES string of the molecule is Cc1ccc(C(=O)SCSC(=O)c2ccc(C)cc2)cc1. The zero-order valence-electron chi connectivity index (χ0n) is 12.0. The molecule has 0 fully saturated rings. The van der Waals surface area contributed by atoms with Crippen molar-refractivity contribution in [1.82, 2.24) is 0 Å². The van der Waals surface area contributed by atoms with E-state index < -0.39 is 0 Å². The van der Waals surface area contributed by atoms with E-state index in [0.717, 1.165) is 34.7 Å². The number of carbonyl (C=O) groups excluding carboxylic acids is 2. The van der Waals surface area contributed by atoms with Gasteiger partial charge in [-0.15, -0.1) is 0 Å². The van der Waals surface area contributed by atoms with Gasteiger partial charge in [0.05, 0.1) is 5.08 Å². The Hall–Kier alpha value is -1.52. The molecular formula is C17H16O2S2. The minimum atomic E-state index is -0.000735. The molecule has 0 unspecified atom stereocenters. The van der Waals surface area contributed by atoms with Gasteiger partial charge in [-0.25, -0.2) is 0 Å². The molecule has 2 nitrogen and oxygen atoms in total. The molecule has 0 atom stereocenters. The number of hydrogen-bond donors (Lipinski definition) is 0. The van der Waals surface area contributed by atoms with Crippen LogP contribution in [-0.4, -0.2) is 15.3 Å². The Morgan fingerprint density at radius 3 is 1.38 bits per heavy atom. The number of thioether (sulfide) groups is 2. The molecule has 0 aliphatic rings. The van der Waals surface area contributed by atoms with Crippen LogP contribution in [0.25, 0.3) is 0 Å². The third kappa shape index (κ3) is 4.76. The topological polar surface area (TPSA) is 34.1 Å². The molecule has 0 saturated carbocycles. The average molecular weight is 316 g/mol. The second kappa shape index (κ2) is 7.48. The first kappa shape index (κ1) is 15.9. The summed E-state index contributed by atoms with van der Waals surface area (Å²) < 4.78 is 0. The first-order valence-corrected chi connectivity index (χ1v) is 8.51. The summed E-state index contributed by atoms with van der Waals surface area (Å²) in [7, 11) is 0. The van der Waals surface area contributed by atoms with Crippen LogP contribution in [0.4, 0.5) is 0 Å². The van der Waals surface area contributed by atoms with Gasteiger partial charge in [-0.05, 0) is 13.8 Å². The van der Waals surface area contributed by atoms with E-state index in [9.17, 15) is 9.59 Å². The smallest absolute Gasteiger partial charge is 0.220 e. The molecule has 0 saturated heterocycles. The van der Waals surface area contributed by atoms with E-state index in [1.165, 1.54) is 0 Å². The standard InChI is InChI=1S/C17H16O2S2/c1-12-3-7-14(8-4-12)16(18)20-11-21-17(19)15-9-5-13(2)6-10-15/h3-10H,11H2,1-2H3. The van der Waals surface area contributed by atoms with E-state index in [1.54, 1.807) is 0 Å². The Bertz CT molecular complexity index is 573. The molecule has 0 aromatic heterocycles. The zero-order chi connectivity index (χ0) is 15.2. The number of rotatable bonds is 4. The normalized spacial score (nSPS) is 10.4. The van der Waals surface area contributed by atoms with E-state index >= 15 is 0 Å². The maximum Gasteiger partial charge on any atom is 0.220 e. The van der Waals surface area contributed by atoms with Crippen molar-refractivity contribution in [2.24, 2.45) is 0 Å². The van der Waals surface area contributed by atoms with Crippen molar-refractivity contribution in [1.29, 1.82) is 0 Å². The van der Waals surface area contributed by atoms with Gasteiger partial charge < -0.3 is 0 Å². The highest BCUT2D eigenvalue weighted by molar-refractivity contribution is 8.29. The van der Waals surface area contributed by atoms with E-state index in [0.29, 0.717) is 16.2 Å². The summed E-state index contributed by atoms with van der Waals surface area (Å²) >= 11 is 2.33. The highest BCUT2D eigenvalue weighted by atomic mass is 32.2. The summed E-state index contributed by atoms with van der Waals surface area (Å²) in [6.07, 6.45) is 0. The number of aryl methyl sites for hydroxylation is 2. The molecule has 2 aromatic rings. The van der Waals surface area contributed by atoms with Gasteiger partial charge in [0.25, 0.3) is 0 Å². The lowest BCUT2D eigenvalue weighted by Crippen LogP contribution is -1.97. The van der Waals surface area contributed by atoms with Crippen LogP contribution in [0.1, 0.15) is 31.8 Å². The molecule has 2 aromatic carbocycles. The molecular weight excluding hydrogens is 300 g/mol. The van der Waals surface area contributed by atoms with Crippen molar-refractivity contribution in [2.75, 3.05) is 5.08 Å². The van der Waals surface area contributed by atoms with E-state index in [4.69, 9.17) is 0 Å². The molecule has 2 rings (SSSR count). The van der Waals surface area contributed by atoms with Crippen LogP contribution < -0.4 is 0 Å². The van der Waals surface area contributed by atoms with Gasteiger partial charge in [0.15, 0.2) is 0 Å². The Balaban J connectivity index is 1.83. The highest BCUT2D eigenvalue weighted by Crippen LogP contribution is 2.21. The fourth-order valence-corrected chi connectivity index (χ4v) is 3.38. The van der Waals surface area contributed by atoms with Crippen LogP contribution in [0.3, 0.4) is 0 Å². The summed E-state index contributed by atoms with van der Waals surface area (Å²) in [6.45, 7) is 3.97. The summed E-state index contributed by atoms with van der Waals surface area (Å²) in [5, 5.41) is 0.429. The number of hydrogen-bond acceptors (Lipinski definition) is 4. The first-order chi connectivity index (χ1) is 10.1. The summed E-state index contributed by atoms with van der Waals surface area (Å²) in [5.74, 6) is 0. The van der Waals surface area contributed by atoms with E-state index in [1.807, 2.05) is 62.4 Å². The Morgan fingerprint density at radius 2 is 1.05 bits per heavy atom. The maximum absolute atomic E-state index is 12.0. The zero-order valence-corrected chi connectivity index (χ0v) is 13.6. The second-order valence-corrected chi connectivity index (χ2v) is 6.98. The van der Waals surface area contributed by atoms with Crippen LogP contribution in [-0.2, 0) is 0 Å². The van der Waals surface area contributed by atoms with E-state index in [-0.39, 0.29) is 10.2 Å². The van der Waals surface area contributed by atoms with Crippen molar-refractivity contribution >= 4 is 33.8 Å². The van der Waals surface area contributed by atoms with Crippen molar-refractivity contribution in [3.05, 3.63) is 70.8 Å². The Kier molecular flexibility index (Phi) is 5.65. The summed E-state index contributed by atoms with van der Waals surface area (Å²) in [4.78, 5) is 23.9. The molecule has 0 bridgehead atoms. The monoisotopic (exact) mass is 316 g/mol. The molecule has 108 valence electrons. The van der Waals surface area contributed by atoms with Gasteiger partial charge in [0.1, 0.15) is 0 Å². The molecule has 0 N–H and O–H groups in total. The largest absolute Gasteiger partial charge is 0.282 e. The van der Waals surface area contributed by atoms with Gasteiger partial charge in [0.2, 0.25) is 10.2 Å². The summed E-state index contributed by atoms with van der Waals surface area (Å²) in [5.41, 5.74) is 3.60. The number of carbonyl (C=O) groups is 2. The van der Waals surface area contributed by atoms with Gasteiger partial charge in [0, 0.05) is 11.1 Å². The van der Waals surface area contributed by atoms with Gasteiger partial charge in [-0.2, -0.15) is 0 Å². The molecule has 4 heteroatoms. The van der Waals surface area contributed by atoms with Crippen molar-refractivity contribution in [3.63, 3.8) is 0 Å². The van der Waals surface area contributed by atoms with Crippen LogP contribution >= 0.6 is 23.5 Å². The fourth-order valence-electron chi connectivity index (χ4n) is 1.68. The van der Waals surface area contributed by atoms with Crippen molar-refractivity contribution in [3.8, 4) is 0 Å². The third-order valence-electron chi connectivity index (χ3n) is 2.95. The molecule has 0 aliphatic carbocycles. The Morgan fingerprint density at radius 1 is 0.714 bits per heavy atom. The molecule has 0 spiro atoms. The van der Waals surface area contributed by atoms with Crippen LogP contribution in [0.5, 0.6) is 0 Å². The quantitative estimate of drug-likeness (QED) is 0.765. The minimum Gasteiger partial charge on any atom is -0.282 e. The van der Waals surface area contributed by atoms with Gasteiger partial charge in [-0.3, -0.25) is 9.59 Å². The average Bonchev–Trinajstić information content (AvgIpc) is 2.48. The number of benzene rings is 2.